The molecule has 4 rings (SSSR count). The van der Waals surface area contributed by atoms with Gasteiger partial charge in [0, 0.05) is 34.1 Å². The summed E-state index contributed by atoms with van der Waals surface area (Å²) < 4.78 is 56.7. The van der Waals surface area contributed by atoms with Crippen LogP contribution >= 0.6 is 21.6 Å². The van der Waals surface area contributed by atoms with E-state index in [9.17, 15) is 37.1 Å². The Hall–Kier alpha value is -4.12. The second kappa shape index (κ2) is 12.0. The van der Waals surface area contributed by atoms with Gasteiger partial charge in [-0.15, -0.1) is 0 Å². The molecule has 0 aliphatic carbocycles. The molecule has 0 saturated heterocycles. The van der Waals surface area contributed by atoms with E-state index in [0.717, 1.165) is 33.7 Å². The molecule has 0 unspecified atom stereocenters. The van der Waals surface area contributed by atoms with E-state index < -0.39 is 29.9 Å². The number of non-ortho nitro benzene ring substituents is 2. The highest BCUT2D eigenvalue weighted by molar-refractivity contribution is 8.76. The Bertz CT molecular complexity index is 1680. The molecule has 0 aliphatic rings. The number of nitrogens with zero attached hydrogens (tertiary/aromatic N) is 2. The average molecular weight is 619 g/mol. The van der Waals surface area contributed by atoms with Crippen molar-refractivity contribution in [3.63, 3.8) is 0 Å². The van der Waals surface area contributed by atoms with Gasteiger partial charge in [-0.3, -0.25) is 29.7 Å². The molecule has 0 radical (unpaired) electrons. The summed E-state index contributed by atoms with van der Waals surface area (Å²) in [4.78, 5) is 21.2. The van der Waals surface area contributed by atoms with Crippen LogP contribution in [-0.4, -0.2) is 26.7 Å². The van der Waals surface area contributed by atoms with Crippen LogP contribution in [0.4, 0.5) is 22.7 Å². The minimum atomic E-state index is -4.16. The zero-order valence-corrected chi connectivity index (χ0v) is 23.3. The lowest BCUT2D eigenvalue weighted by Crippen LogP contribution is -2.14. The molecular weight excluding hydrogens is 601 g/mol. The maximum atomic E-state index is 12.9. The third-order valence-corrected chi connectivity index (χ3v) is 10.4. The maximum absolute atomic E-state index is 12.9. The molecule has 40 heavy (non-hydrogen) atoms. The lowest BCUT2D eigenvalue weighted by molar-refractivity contribution is -0.385. The van der Waals surface area contributed by atoms with Crippen molar-refractivity contribution < 1.29 is 26.7 Å². The van der Waals surface area contributed by atoms with Gasteiger partial charge in [-0.05, 0) is 36.4 Å². The van der Waals surface area contributed by atoms with E-state index in [1.807, 2.05) is 0 Å². The molecule has 12 nitrogen and oxygen atoms in total. The molecule has 0 fully saturated rings. The molecule has 0 atom stereocenters. The summed E-state index contributed by atoms with van der Waals surface area (Å²) in [5.41, 5.74) is -0.321. The van der Waals surface area contributed by atoms with E-state index in [1.54, 1.807) is 36.4 Å². The van der Waals surface area contributed by atoms with Crippen LogP contribution in [0.15, 0.2) is 117 Å². The molecule has 0 saturated carbocycles. The Morgan fingerprint density at radius 2 is 0.925 bits per heavy atom. The first-order chi connectivity index (χ1) is 19.0. The van der Waals surface area contributed by atoms with Crippen molar-refractivity contribution in [3.8, 4) is 0 Å². The summed E-state index contributed by atoms with van der Waals surface area (Å²) in [6, 6.07) is 22.2. The third-order valence-electron chi connectivity index (χ3n) is 5.16. The summed E-state index contributed by atoms with van der Waals surface area (Å²) in [6.45, 7) is 0. The molecule has 0 amide bonds. The van der Waals surface area contributed by atoms with Crippen molar-refractivity contribution in [2.24, 2.45) is 0 Å². The number of anilines is 2. The van der Waals surface area contributed by atoms with Crippen LogP contribution in [0.2, 0.25) is 0 Å². The minimum absolute atomic E-state index is 0.209. The van der Waals surface area contributed by atoms with E-state index in [1.165, 1.54) is 48.5 Å². The summed E-state index contributed by atoms with van der Waals surface area (Å²) in [6.07, 6.45) is 0. The van der Waals surface area contributed by atoms with Gasteiger partial charge in [0.25, 0.3) is 31.4 Å². The monoisotopic (exact) mass is 618 g/mol. The van der Waals surface area contributed by atoms with Gasteiger partial charge in [-0.25, -0.2) is 16.8 Å². The predicted molar refractivity (Wildman–Crippen MR) is 152 cm³/mol. The van der Waals surface area contributed by atoms with Crippen molar-refractivity contribution in [2.75, 3.05) is 9.44 Å². The summed E-state index contributed by atoms with van der Waals surface area (Å²) >= 11 is 0. The van der Waals surface area contributed by atoms with Gasteiger partial charge in [0.2, 0.25) is 0 Å². The summed E-state index contributed by atoms with van der Waals surface area (Å²) in [7, 11) is -6.04. The van der Waals surface area contributed by atoms with Crippen LogP contribution in [0.25, 0.3) is 0 Å². The van der Waals surface area contributed by atoms with Gasteiger partial charge in [-0.2, -0.15) is 0 Å². The van der Waals surface area contributed by atoms with Gasteiger partial charge in [-0.1, -0.05) is 58.0 Å². The molecule has 206 valence electrons. The molecule has 2 N–H and O–H groups in total. The zero-order chi connectivity index (χ0) is 28.9. The Kier molecular flexibility index (Phi) is 8.63. The maximum Gasteiger partial charge on any atom is 0.270 e. The van der Waals surface area contributed by atoms with Crippen molar-refractivity contribution in [3.05, 3.63) is 117 Å². The van der Waals surface area contributed by atoms with Crippen molar-refractivity contribution >= 4 is 64.4 Å². The van der Waals surface area contributed by atoms with Crippen LogP contribution < -0.4 is 9.44 Å². The molecule has 0 bridgehead atoms. The van der Waals surface area contributed by atoms with Crippen LogP contribution in [0, 0.1) is 20.2 Å². The zero-order valence-electron chi connectivity index (χ0n) is 20.0. The number of hydrogen-bond acceptors (Lipinski definition) is 10. The highest BCUT2D eigenvalue weighted by Crippen LogP contribution is 2.44. The number of sulfonamides is 2. The second-order valence-electron chi connectivity index (χ2n) is 7.88. The number of rotatable bonds is 11. The minimum Gasteiger partial charge on any atom is -0.278 e. The summed E-state index contributed by atoms with van der Waals surface area (Å²) in [5.74, 6) is 0. The number of nitro benzene ring substituents is 2. The van der Waals surface area contributed by atoms with E-state index in [2.05, 4.69) is 9.44 Å². The predicted octanol–water partition coefficient (Wildman–Crippen LogP) is 5.90. The number of nitrogens with one attached hydrogen (secondary N) is 2. The van der Waals surface area contributed by atoms with Crippen molar-refractivity contribution in [1.29, 1.82) is 0 Å². The Morgan fingerprint density at radius 1 is 0.550 bits per heavy atom. The smallest absolute Gasteiger partial charge is 0.270 e. The van der Waals surface area contributed by atoms with E-state index in [-0.39, 0.29) is 32.5 Å². The lowest BCUT2D eigenvalue weighted by atomic mass is 10.3. The van der Waals surface area contributed by atoms with Crippen molar-refractivity contribution in [2.45, 2.75) is 19.6 Å². The van der Waals surface area contributed by atoms with E-state index in [4.69, 9.17) is 0 Å². The molecule has 4 aromatic carbocycles. The van der Waals surface area contributed by atoms with Crippen LogP contribution in [-0.2, 0) is 20.0 Å². The normalized spacial score (nSPS) is 11.5. The van der Waals surface area contributed by atoms with E-state index >= 15 is 0 Å². The standard InChI is InChI=1S/C24H18N4O8S4/c29-27(30)17-7-5-9-19(15-17)39(33,34)25-21-11-1-3-13-23(21)37-38-24-14-4-2-12-22(24)26-40(35,36)20-10-6-8-18(16-20)28(31)32/h1-16,25-26H. The van der Waals surface area contributed by atoms with Crippen molar-refractivity contribution in [1.82, 2.24) is 0 Å². The third kappa shape index (κ3) is 6.90. The second-order valence-corrected chi connectivity index (χ2v) is 13.5. The molecule has 0 aromatic heterocycles. The summed E-state index contributed by atoms with van der Waals surface area (Å²) in [5, 5.41) is 22.1. The van der Waals surface area contributed by atoms with Crippen LogP contribution in [0.1, 0.15) is 0 Å². The Labute approximate surface area is 236 Å². The average Bonchev–Trinajstić information content (AvgIpc) is 2.93. The fourth-order valence-corrected chi connectivity index (χ4v) is 7.92. The first kappa shape index (κ1) is 28.9. The van der Waals surface area contributed by atoms with Crippen LogP contribution in [0.5, 0.6) is 0 Å². The van der Waals surface area contributed by atoms with Gasteiger partial charge < -0.3 is 0 Å². The van der Waals surface area contributed by atoms with Gasteiger partial charge >= 0.3 is 0 Å². The lowest BCUT2D eigenvalue weighted by Gasteiger charge is -2.14. The van der Waals surface area contributed by atoms with E-state index in [0.29, 0.717) is 9.79 Å². The largest absolute Gasteiger partial charge is 0.278 e. The number of benzene rings is 4. The first-order valence-corrected chi connectivity index (χ1v) is 16.1. The van der Waals surface area contributed by atoms with Gasteiger partial charge in [0.15, 0.2) is 0 Å². The highest BCUT2D eigenvalue weighted by Gasteiger charge is 2.21. The number of nitro groups is 2. The fraction of sp³-hybridized carbons (Fsp3) is 0. The van der Waals surface area contributed by atoms with Gasteiger partial charge in [0.05, 0.1) is 31.0 Å². The highest BCUT2D eigenvalue weighted by atomic mass is 33.1. The molecular formula is C24H18N4O8S4. The fourth-order valence-electron chi connectivity index (χ4n) is 3.27. The SMILES string of the molecule is O=[N+]([O-])c1cccc(S(=O)(=O)Nc2ccccc2SSc2ccccc2NS(=O)(=O)c2cccc([N+](=O)[O-])c2)c1. The Morgan fingerprint density at radius 3 is 1.30 bits per heavy atom. The quantitative estimate of drug-likeness (QED) is 0.117. The molecule has 16 heteroatoms. The van der Waals surface area contributed by atoms with Crippen LogP contribution in [0.3, 0.4) is 0 Å². The first-order valence-electron chi connectivity index (χ1n) is 11.0. The number of para-hydroxylation sites is 2. The molecule has 0 spiro atoms. The number of hydrogen-bond donors (Lipinski definition) is 2. The molecule has 4 aromatic rings. The topological polar surface area (TPSA) is 179 Å². The Balaban J connectivity index is 1.55. The van der Waals surface area contributed by atoms with Gasteiger partial charge in [0.1, 0.15) is 0 Å². The molecule has 0 aliphatic heterocycles. The molecule has 0 heterocycles.